The van der Waals surface area contributed by atoms with Crippen LogP contribution in [-0.4, -0.2) is 68.2 Å². The number of hydrogen-bond acceptors (Lipinski definition) is 4. The molecule has 0 bridgehead atoms. The van der Waals surface area contributed by atoms with Crippen LogP contribution in [0.2, 0.25) is 0 Å². The van der Waals surface area contributed by atoms with E-state index >= 15 is 0 Å². The van der Waals surface area contributed by atoms with Gasteiger partial charge >= 0.3 is 0 Å². The van der Waals surface area contributed by atoms with E-state index in [9.17, 15) is 13.2 Å². The number of morpholine rings is 1. The zero-order valence-electron chi connectivity index (χ0n) is 10.8. The summed E-state index contributed by atoms with van der Waals surface area (Å²) in [5, 5.41) is 0. The van der Waals surface area contributed by atoms with Crippen LogP contribution >= 0.6 is 0 Å². The second-order valence-electron chi connectivity index (χ2n) is 5.00. The Balaban J connectivity index is 2.08. The zero-order chi connectivity index (χ0) is 13.3. The lowest BCUT2D eigenvalue weighted by Crippen LogP contribution is -2.52. The minimum absolute atomic E-state index is 0.0239. The summed E-state index contributed by atoms with van der Waals surface area (Å²) in [6, 6.07) is -0.509. The maximum absolute atomic E-state index is 12.4. The summed E-state index contributed by atoms with van der Waals surface area (Å²) in [7, 11) is -3.29. The highest BCUT2D eigenvalue weighted by molar-refractivity contribution is 7.88. The molecule has 0 aliphatic carbocycles. The quantitative estimate of drug-likeness (QED) is 0.692. The van der Waals surface area contributed by atoms with Crippen molar-refractivity contribution in [2.45, 2.75) is 31.9 Å². The van der Waals surface area contributed by atoms with Crippen molar-refractivity contribution in [2.75, 3.05) is 32.5 Å². The minimum atomic E-state index is -3.29. The molecule has 2 aliphatic rings. The zero-order valence-corrected chi connectivity index (χ0v) is 11.6. The first-order chi connectivity index (χ1) is 8.39. The Morgan fingerprint density at radius 2 is 2.06 bits per heavy atom. The van der Waals surface area contributed by atoms with Gasteiger partial charge in [0.05, 0.1) is 19.0 Å². The molecule has 2 atom stereocenters. The summed E-state index contributed by atoms with van der Waals surface area (Å²) in [4.78, 5) is 14.1. The third-order valence-corrected chi connectivity index (χ3v) is 4.76. The summed E-state index contributed by atoms with van der Waals surface area (Å²) < 4.78 is 30.0. The Labute approximate surface area is 108 Å². The predicted octanol–water partition coefficient (Wildman–Crippen LogP) is -0.342. The fourth-order valence-corrected chi connectivity index (χ4v) is 3.73. The van der Waals surface area contributed by atoms with Gasteiger partial charge in [-0.3, -0.25) is 4.79 Å². The van der Waals surface area contributed by atoms with Gasteiger partial charge in [-0.1, -0.05) is 0 Å². The number of ether oxygens (including phenoxy) is 1. The molecule has 7 heteroatoms. The molecular weight excluding hydrogens is 256 g/mol. The molecule has 0 aromatic heterocycles. The molecule has 0 N–H and O–H groups in total. The Kier molecular flexibility index (Phi) is 3.93. The number of hydrogen-bond donors (Lipinski definition) is 0. The number of sulfonamides is 1. The van der Waals surface area contributed by atoms with E-state index in [4.69, 9.17) is 4.74 Å². The van der Waals surface area contributed by atoms with Crippen LogP contribution < -0.4 is 0 Å². The van der Waals surface area contributed by atoms with Crippen molar-refractivity contribution in [3.8, 4) is 0 Å². The average Bonchev–Trinajstić information content (AvgIpc) is 2.76. The van der Waals surface area contributed by atoms with E-state index in [2.05, 4.69) is 0 Å². The SMILES string of the molecule is C[C@@H]1CN(C(=O)[C@@H]2CCCN2S(C)(=O)=O)CCO1. The van der Waals surface area contributed by atoms with Crippen molar-refractivity contribution < 1.29 is 17.9 Å². The molecular formula is C11H20N2O4S. The van der Waals surface area contributed by atoms with Crippen LogP contribution in [0.4, 0.5) is 0 Å². The van der Waals surface area contributed by atoms with Crippen molar-refractivity contribution in [3.63, 3.8) is 0 Å². The molecule has 1 amide bonds. The molecule has 0 radical (unpaired) electrons. The van der Waals surface area contributed by atoms with Crippen molar-refractivity contribution >= 4 is 15.9 Å². The Bertz CT molecular complexity index is 423. The van der Waals surface area contributed by atoms with Crippen molar-refractivity contribution in [1.82, 2.24) is 9.21 Å². The molecule has 0 spiro atoms. The molecule has 0 aromatic carbocycles. The lowest BCUT2D eigenvalue weighted by atomic mass is 10.2. The fraction of sp³-hybridized carbons (Fsp3) is 0.909. The van der Waals surface area contributed by atoms with Crippen LogP contribution in [-0.2, 0) is 19.6 Å². The van der Waals surface area contributed by atoms with Crippen LogP contribution in [0, 0.1) is 0 Å². The highest BCUT2D eigenvalue weighted by atomic mass is 32.2. The first-order valence-electron chi connectivity index (χ1n) is 6.27. The highest BCUT2D eigenvalue weighted by Crippen LogP contribution is 2.23. The first kappa shape index (κ1) is 13.8. The number of carbonyl (C=O) groups is 1. The second-order valence-corrected chi connectivity index (χ2v) is 6.93. The molecule has 2 rings (SSSR count). The van der Waals surface area contributed by atoms with Crippen LogP contribution in [0.3, 0.4) is 0 Å². The van der Waals surface area contributed by atoms with Gasteiger partial charge in [-0.05, 0) is 19.8 Å². The largest absolute Gasteiger partial charge is 0.375 e. The Morgan fingerprint density at radius 3 is 2.67 bits per heavy atom. The molecule has 2 aliphatic heterocycles. The maximum Gasteiger partial charge on any atom is 0.241 e. The smallest absolute Gasteiger partial charge is 0.241 e. The van der Waals surface area contributed by atoms with Gasteiger partial charge in [-0.2, -0.15) is 4.31 Å². The van der Waals surface area contributed by atoms with Crippen LogP contribution in [0.15, 0.2) is 0 Å². The number of amides is 1. The third-order valence-electron chi connectivity index (χ3n) is 3.47. The molecule has 0 aromatic rings. The van der Waals surface area contributed by atoms with Crippen LogP contribution in [0.1, 0.15) is 19.8 Å². The van der Waals surface area contributed by atoms with Crippen molar-refractivity contribution in [1.29, 1.82) is 0 Å². The normalized spacial score (nSPS) is 30.7. The minimum Gasteiger partial charge on any atom is -0.375 e. The van der Waals surface area contributed by atoms with Crippen molar-refractivity contribution in [3.05, 3.63) is 0 Å². The maximum atomic E-state index is 12.4. The number of rotatable bonds is 2. The van der Waals surface area contributed by atoms with Gasteiger partial charge in [-0.25, -0.2) is 8.42 Å². The van der Waals surface area contributed by atoms with Gasteiger partial charge in [0.15, 0.2) is 0 Å². The monoisotopic (exact) mass is 276 g/mol. The molecule has 2 heterocycles. The van der Waals surface area contributed by atoms with Gasteiger partial charge in [0.25, 0.3) is 0 Å². The molecule has 18 heavy (non-hydrogen) atoms. The Hall–Kier alpha value is -0.660. The number of nitrogens with zero attached hydrogens (tertiary/aromatic N) is 2. The van der Waals surface area contributed by atoms with Gasteiger partial charge in [0.1, 0.15) is 6.04 Å². The van der Waals surface area contributed by atoms with Gasteiger partial charge in [0, 0.05) is 19.6 Å². The van der Waals surface area contributed by atoms with E-state index in [1.807, 2.05) is 6.92 Å². The Morgan fingerprint density at radius 1 is 1.33 bits per heavy atom. The summed E-state index contributed by atoms with van der Waals surface area (Å²) >= 11 is 0. The van der Waals surface area contributed by atoms with Gasteiger partial charge in [0.2, 0.25) is 15.9 Å². The van der Waals surface area contributed by atoms with E-state index in [0.717, 1.165) is 6.42 Å². The molecule has 0 saturated carbocycles. The highest BCUT2D eigenvalue weighted by Gasteiger charge is 2.39. The fourth-order valence-electron chi connectivity index (χ4n) is 2.61. The standard InChI is InChI=1S/C11H20N2O4S/c1-9-8-12(6-7-17-9)11(14)10-4-3-5-13(10)18(2,15)16/h9-10H,3-8H2,1-2H3/t9-,10+/m1/s1. The molecule has 104 valence electrons. The summed E-state index contributed by atoms with van der Waals surface area (Å²) in [5.74, 6) is -0.0759. The average molecular weight is 276 g/mol. The van der Waals surface area contributed by atoms with E-state index in [1.165, 1.54) is 10.6 Å². The molecule has 6 nitrogen and oxygen atoms in total. The van der Waals surface area contributed by atoms with Gasteiger partial charge < -0.3 is 9.64 Å². The number of carbonyl (C=O) groups excluding carboxylic acids is 1. The second kappa shape index (κ2) is 5.14. The summed E-state index contributed by atoms with van der Waals surface area (Å²) in [6.45, 7) is 4.00. The molecule has 2 fully saturated rings. The topological polar surface area (TPSA) is 66.9 Å². The third kappa shape index (κ3) is 2.84. The van der Waals surface area contributed by atoms with Crippen LogP contribution in [0.25, 0.3) is 0 Å². The lowest BCUT2D eigenvalue weighted by molar-refractivity contribution is -0.141. The lowest BCUT2D eigenvalue weighted by Gasteiger charge is -2.34. The van der Waals surface area contributed by atoms with Crippen LogP contribution in [0.5, 0.6) is 0 Å². The first-order valence-corrected chi connectivity index (χ1v) is 8.11. The summed E-state index contributed by atoms with van der Waals surface area (Å²) in [5.41, 5.74) is 0. The van der Waals surface area contributed by atoms with E-state index < -0.39 is 16.1 Å². The van der Waals surface area contributed by atoms with E-state index in [1.54, 1.807) is 4.90 Å². The summed E-state index contributed by atoms with van der Waals surface area (Å²) in [6.07, 6.45) is 2.57. The van der Waals surface area contributed by atoms with Crippen molar-refractivity contribution in [2.24, 2.45) is 0 Å². The van der Waals surface area contributed by atoms with E-state index in [-0.39, 0.29) is 12.0 Å². The van der Waals surface area contributed by atoms with E-state index in [0.29, 0.717) is 32.7 Å². The predicted molar refractivity (Wildman–Crippen MR) is 66.6 cm³/mol. The molecule has 0 unspecified atom stereocenters. The molecule has 2 saturated heterocycles. The van der Waals surface area contributed by atoms with Gasteiger partial charge in [-0.15, -0.1) is 0 Å².